The lowest BCUT2D eigenvalue weighted by Crippen LogP contribution is -2.23. The number of methoxy groups -OCH3 is 1. The third kappa shape index (κ3) is 5.02. The molecule has 9 heteroatoms. The van der Waals surface area contributed by atoms with Crippen molar-refractivity contribution in [3.8, 4) is 0 Å². The average Bonchev–Trinajstić information content (AvgIpc) is 2.90. The maximum Gasteiger partial charge on any atom is 0.337 e. The highest BCUT2D eigenvalue weighted by Gasteiger charge is 2.31. The predicted octanol–water partition coefficient (Wildman–Crippen LogP) is 2.31. The number of carboxylic acid groups (broad SMARTS) is 1. The molecule has 1 aliphatic rings. The summed E-state index contributed by atoms with van der Waals surface area (Å²) in [6.45, 7) is 8.46. The van der Waals surface area contributed by atoms with Crippen molar-refractivity contribution in [3.05, 3.63) is 17.5 Å². The van der Waals surface area contributed by atoms with Gasteiger partial charge in [-0.15, -0.1) is 0 Å². The lowest BCUT2D eigenvalue weighted by molar-refractivity contribution is -0.130. The number of nitrogens with one attached hydrogen (secondary N) is 1. The first-order valence-corrected chi connectivity index (χ1v) is 12.3. The summed E-state index contributed by atoms with van der Waals surface area (Å²) in [5.74, 6) is -0.853. The highest BCUT2D eigenvalue weighted by atomic mass is 28.3. The van der Waals surface area contributed by atoms with Gasteiger partial charge in [0.2, 0.25) is 5.95 Å². The van der Waals surface area contributed by atoms with E-state index in [1.54, 1.807) is 11.7 Å². The Morgan fingerprint density at radius 3 is 2.73 bits per heavy atom. The SMILES string of the molecule is COCCNc1nc2c(n1COCC[Si](C)(C)C)C(C(=O)O)=CCC2=O. The van der Waals surface area contributed by atoms with Crippen LogP contribution in [0.25, 0.3) is 5.57 Å². The van der Waals surface area contributed by atoms with E-state index < -0.39 is 14.0 Å². The molecule has 2 N–H and O–H groups in total. The number of ether oxygens (including phenoxy) is 2. The Morgan fingerprint density at radius 2 is 2.12 bits per heavy atom. The van der Waals surface area contributed by atoms with Crippen LogP contribution in [0.1, 0.15) is 22.6 Å². The molecule has 0 fully saturated rings. The first-order chi connectivity index (χ1) is 12.2. The van der Waals surface area contributed by atoms with E-state index in [4.69, 9.17) is 9.47 Å². The first kappa shape index (κ1) is 20.3. The van der Waals surface area contributed by atoms with Crippen LogP contribution in [-0.4, -0.2) is 61.4 Å². The Morgan fingerprint density at radius 1 is 1.38 bits per heavy atom. The summed E-state index contributed by atoms with van der Waals surface area (Å²) in [5.41, 5.74) is 0.570. The molecule has 0 atom stereocenters. The number of imidazole rings is 1. The molecule has 0 unspecified atom stereocenters. The fraction of sp³-hybridized carbons (Fsp3) is 0.588. The standard InChI is InChI=1S/C17H27N3O5Si/c1-24-8-7-18-17-19-14-13(21)6-5-12(16(22)23)15(14)20(17)11-25-9-10-26(2,3)4/h5H,6-11H2,1-4H3,(H,18,19)(H,22,23). The zero-order chi connectivity index (χ0) is 19.3. The molecule has 8 nitrogen and oxygen atoms in total. The number of carbonyl (C=O) groups is 2. The molecule has 0 saturated heterocycles. The van der Waals surface area contributed by atoms with Gasteiger partial charge in [0, 0.05) is 34.8 Å². The van der Waals surface area contributed by atoms with Crippen molar-refractivity contribution >= 4 is 31.3 Å². The molecule has 0 aromatic carbocycles. The molecule has 0 aliphatic heterocycles. The number of aromatic nitrogens is 2. The largest absolute Gasteiger partial charge is 0.478 e. The van der Waals surface area contributed by atoms with Crippen LogP contribution in [0.2, 0.25) is 25.7 Å². The van der Waals surface area contributed by atoms with Gasteiger partial charge in [-0.2, -0.15) is 0 Å². The van der Waals surface area contributed by atoms with Gasteiger partial charge in [0.15, 0.2) is 5.78 Å². The molecular weight excluding hydrogens is 354 g/mol. The summed E-state index contributed by atoms with van der Waals surface area (Å²) in [5, 5.41) is 12.6. The third-order valence-electron chi connectivity index (χ3n) is 4.01. The summed E-state index contributed by atoms with van der Waals surface area (Å²) in [4.78, 5) is 28.2. The molecule has 0 saturated carbocycles. The van der Waals surface area contributed by atoms with Gasteiger partial charge >= 0.3 is 5.97 Å². The van der Waals surface area contributed by atoms with Crippen molar-refractivity contribution in [2.75, 3.05) is 32.2 Å². The van der Waals surface area contributed by atoms with E-state index in [-0.39, 0.29) is 30.2 Å². The fourth-order valence-electron chi connectivity index (χ4n) is 2.56. The van der Waals surface area contributed by atoms with E-state index in [1.165, 1.54) is 6.08 Å². The fourth-order valence-corrected chi connectivity index (χ4v) is 3.31. The van der Waals surface area contributed by atoms with Crippen LogP contribution in [0.3, 0.4) is 0 Å². The Bertz CT molecular complexity index is 706. The summed E-state index contributed by atoms with van der Waals surface area (Å²) in [7, 11) is 0.359. The van der Waals surface area contributed by atoms with Gasteiger partial charge in [0.05, 0.1) is 17.9 Å². The number of Topliss-reactive ketones (excluding diaryl/α,β-unsaturated/α-hetero) is 1. The van der Waals surface area contributed by atoms with E-state index in [0.717, 1.165) is 6.04 Å². The van der Waals surface area contributed by atoms with E-state index in [0.29, 0.717) is 31.4 Å². The van der Waals surface area contributed by atoms with Crippen molar-refractivity contribution in [3.63, 3.8) is 0 Å². The summed E-state index contributed by atoms with van der Waals surface area (Å²) in [6, 6.07) is 0.997. The zero-order valence-electron chi connectivity index (χ0n) is 15.8. The number of aliphatic carboxylic acids is 1. The number of nitrogens with zero attached hydrogens (tertiary/aromatic N) is 2. The third-order valence-corrected chi connectivity index (χ3v) is 5.72. The summed E-state index contributed by atoms with van der Waals surface area (Å²) < 4.78 is 12.4. The van der Waals surface area contributed by atoms with E-state index in [9.17, 15) is 14.7 Å². The monoisotopic (exact) mass is 381 g/mol. The molecule has 2 rings (SSSR count). The minimum Gasteiger partial charge on any atom is -0.478 e. The van der Waals surface area contributed by atoms with Crippen LogP contribution in [-0.2, 0) is 21.0 Å². The molecule has 0 amide bonds. The minimum atomic E-state index is -1.23. The van der Waals surface area contributed by atoms with Crippen molar-refractivity contribution in [2.24, 2.45) is 0 Å². The molecule has 1 aromatic heterocycles. The normalized spacial score (nSPS) is 14.2. The van der Waals surface area contributed by atoms with Gasteiger partial charge in [0.25, 0.3) is 0 Å². The van der Waals surface area contributed by atoms with Crippen LogP contribution < -0.4 is 5.32 Å². The lowest BCUT2D eigenvalue weighted by Gasteiger charge is -2.18. The molecule has 0 spiro atoms. The van der Waals surface area contributed by atoms with Gasteiger partial charge in [0.1, 0.15) is 12.4 Å². The second kappa shape index (κ2) is 8.61. The van der Waals surface area contributed by atoms with Gasteiger partial charge < -0.3 is 19.9 Å². The Kier molecular flexibility index (Phi) is 6.73. The number of rotatable bonds is 10. The number of hydrogen-bond donors (Lipinski definition) is 2. The van der Waals surface area contributed by atoms with Gasteiger partial charge in [-0.3, -0.25) is 9.36 Å². The van der Waals surface area contributed by atoms with Crippen LogP contribution in [0.4, 0.5) is 5.95 Å². The topological polar surface area (TPSA) is 103 Å². The number of hydrogen-bond acceptors (Lipinski definition) is 6. The average molecular weight is 382 g/mol. The highest BCUT2D eigenvalue weighted by molar-refractivity contribution is 6.76. The van der Waals surface area contributed by atoms with E-state index >= 15 is 0 Å². The number of allylic oxidation sites excluding steroid dienone is 1. The van der Waals surface area contributed by atoms with Gasteiger partial charge in [-0.1, -0.05) is 25.7 Å². The maximum atomic E-state index is 12.2. The molecule has 0 bridgehead atoms. The molecule has 0 radical (unpaired) electrons. The zero-order valence-corrected chi connectivity index (χ0v) is 16.8. The number of carbonyl (C=O) groups excluding carboxylic acids is 1. The van der Waals surface area contributed by atoms with Gasteiger partial charge in [-0.05, 0) is 6.04 Å². The number of fused-ring (bicyclic) bond motifs is 1. The Labute approximate surface area is 154 Å². The van der Waals surface area contributed by atoms with E-state index in [1.807, 2.05) is 0 Å². The van der Waals surface area contributed by atoms with Crippen molar-refractivity contribution in [2.45, 2.75) is 38.8 Å². The van der Waals surface area contributed by atoms with Crippen molar-refractivity contribution in [1.29, 1.82) is 0 Å². The van der Waals surface area contributed by atoms with Crippen LogP contribution in [0.5, 0.6) is 0 Å². The Balaban J connectivity index is 2.28. The van der Waals surface area contributed by atoms with Crippen LogP contribution >= 0.6 is 0 Å². The molecule has 1 heterocycles. The lowest BCUT2D eigenvalue weighted by atomic mass is 9.99. The number of anilines is 1. The maximum absolute atomic E-state index is 12.2. The molecule has 1 aliphatic carbocycles. The molecule has 1 aromatic rings. The number of carboxylic acids is 1. The smallest absolute Gasteiger partial charge is 0.337 e. The second-order valence-electron chi connectivity index (χ2n) is 7.38. The van der Waals surface area contributed by atoms with E-state index in [2.05, 4.69) is 29.9 Å². The molecule has 26 heavy (non-hydrogen) atoms. The van der Waals surface area contributed by atoms with Gasteiger partial charge in [-0.25, -0.2) is 9.78 Å². The minimum absolute atomic E-state index is 0.0413. The summed E-state index contributed by atoms with van der Waals surface area (Å²) in [6.07, 6.45) is 1.48. The quantitative estimate of drug-likeness (QED) is 0.473. The van der Waals surface area contributed by atoms with Crippen molar-refractivity contribution < 1.29 is 24.2 Å². The second-order valence-corrected chi connectivity index (χ2v) is 13.0. The Hall–Kier alpha value is -1.97. The molecular formula is C17H27N3O5Si. The van der Waals surface area contributed by atoms with Crippen molar-refractivity contribution in [1.82, 2.24) is 9.55 Å². The predicted molar refractivity (Wildman–Crippen MR) is 101 cm³/mol. The van der Waals surface area contributed by atoms with Crippen LogP contribution in [0, 0.1) is 0 Å². The number of ketones is 1. The van der Waals surface area contributed by atoms with Crippen LogP contribution in [0.15, 0.2) is 6.08 Å². The summed E-state index contributed by atoms with van der Waals surface area (Å²) >= 11 is 0. The highest BCUT2D eigenvalue weighted by Crippen LogP contribution is 2.30. The first-order valence-electron chi connectivity index (χ1n) is 8.62. The molecule has 144 valence electrons.